The van der Waals surface area contributed by atoms with Crippen LogP contribution in [0.25, 0.3) is 0 Å². The average molecular weight is 246 g/mol. The van der Waals surface area contributed by atoms with Gasteiger partial charge in [0.15, 0.2) is 6.10 Å². The molecule has 0 radical (unpaired) electrons. The third-order valence-electron chi connectivity index (χ3n) is 2.11. The Hall–Kier alpha value is -1.26. The van der Waals surface area contributed by atoms with E-state index in [0.29, 0.717) is 6.61 Å². The van der Waals surface area contributed by atoms with Gasteiger partial charge in [0.05, 0.1) is 13.2 Å². The van der Waals surface area contributed by atoms with Gasteiger partial charge in [-0.25, -0.2) is 9.59 Å². The van der Waals surface area contributed by atoms with Crippen molar-refractivity contribution < 1.29 is 23.8 Å². The number of hydrogen-bond donors (Lipinski definition) is 0. The number of rotatable bonds is 8. The van der Waals surface area contributed by atoms with E-state index in [1.54, 1.807) is 6.92 Å². The summed E-state index contributed by atoms with van der Waals surface area (Å²) in [6, 6.07) is 0. The van der Waals surface area contributed by atoms with E-state index < -0.39 is 18.2 Å². The number of hydrogen-bond acceptors (Lipinski definition) is 5. The summed E-state index contributed by atoms with van der Waals surface area (Å²) in [6.07, 6.45) is 2.38. The number of carbonyl (C=O) groups excluding carboxylic acids is 2. The second-order valence-electron chi connectivity index (χ2n) is 3.67. The van der Waals surface area contributed by atoms with Gasteiger partial charge < -0.3 is 14.2 Å². The molecule has 0 bridgehead atoms. The van der Waals surface area contributed by atoms with Gasteiger partial charge in [0.2, 0.25) is 0 Å². The Labute approximate surface area is 102 Å². The molecule has 0 saturated carbocycles. The van der Waals surface area contributed by atoms with Crippen LogP contribution in [0.1, 0.15) is 46.5 Å². The molecule has 0 unspecified atom stereocenters. The maximum Gasteiger partial charge on any atom is 0.509 e. The molecule has 1 atom stereocenters. The molecule has 0 aromatic carbocycles. The SMILES string of the molecule is CCCCCCOC(=O)[C@@H](C)OC(=O)OCC. The summed E-state index contributed by atoms with van der Waals surface area (Å²) in [5.74, 6) is -0.533. The van der Waals surface area contributed by atoms with Crippen LogP contribution in [0.15, 0.2) is 0 Å². The quantitative estimate of drug-likeness (QED) is 0.486. The Morgan fingerprint density at radius 3 is 2.35 bits per heavy atom. The molecule has 0 spiro atoms. The fourth-order valence-corrected chi connectivity index (χ4v) is 1.16. The van der Waals surface area contributed by atoms with Gasteiger partial charge in [0.25, 0.3) is 0 Å². The van der Waals surface area contributed by atoms with Crippen molar-refractivity contribution in [2.24, 2.45) is 0 Å². The number of ether oxygens (including phenoxy) is 3. The lowest BCUT2D eigenvalue weighted by molar-refractivity contribution is -0.154. The first-order chi connectivity index (χ1) is 8.11. The maximum atomic E-state index is 11.4. The first-order valence-corrected chi connectivity index (χ1v) is 6.11. The molecule has 0 saturated heterocycles. The maximum absolute atomic E-state index is 11.4. The highest BCUT2D eigenvalue weighted by atomic mass is 16.7. The minimum absolute atomic E-state index is 0.220. The van der Waals surface area contributed by atoms with Crippen LogP contribution < -0.4 is 0 Å². The van der Waals surface area contributed by atoms with Crippen LogP contribution in [0.2, 0.25) is 0 Å². The van der Waals surface area contributed by atoms with Gasteiger partial charge in [-0.1, -0.05) is 26.2 Å². The third kappa shape index (κ3) is 8.54. The van der Waals surface area contributed by atoms with Gasteiger partial charge in [-0.3, -0.25) is 0 Å². The normalized spacial score (nSPS) is 11.7. The van der Waals surface area contributed by atoms with Gasteiger partial charge in [-0.15, -0.1) is 0 Å². The number of unbranched alkanes of at least 4 members (excludes halogenated alkanes) is 3. The van der Waals surface area contributed by atoms with Crippen molar-refractivity contribution >= 4 is 12.1 Å². The summed E-state index contributed by atoms with van der Waals surface area (Å²) in [4.78, 5) is 22.3. The molecule has 17 heavy (non-hydrogen) atoms. The smallest absolute Gasteiger partial charge is 0.463 e. The topological polar surface area (TPSA) is 61.8 Å². The van der Waals surface area contributed by atoms with Gasteiger partial charge in [-0.05, 0) is 20.3 Å². The highest BCUT2D eigenvalue weighted by Gasteiger charge is 2.19. The summed E-state index contributed by atoms with van der Waals surface area (Å²) in [6.45, 7) is 5.83. The molecule has 0 aliphatic rings. The molecule has 0 aliphatic carbocycles. The van der Waals surface area contributed by atoms with Crippen LogP contribution in [-0.2, 0) is 19.0 Å². The largest absolute Gasteiger partial charge is 0.509 e. The first kappa shape index (κ1) is 15.7. The molecule has 0 amide bonds. The summed E-state index contributed by atoms with van der Waals surface area (Å²) in [5, 5.41) is 0. The molecule has 0 heterocycles. The monoisotopic (exact) mass is 246 g/mol. The van der Waals surface area contributed by atoms with Crippen LogP contribution in [0.3, 0.4) is 0 Å². The zero-order valence-electron chi connectivity index (χ0n) is 10.9. The molecule has 5 heteroatoms. The van der Waals surface area contributed by atoms with Gasteiger partial charge in [-0.2, -0.15) is 0 Å². The second-order valence-corrected chi connectivity index (χ2v) is 3.67. The minimum Gasteiger partial charge on any atom is -0.463 e. The molecule has 0 rings (SSSR count). The Bertz CT molecular complexity index is 227. The first-order valence-electron chi connectivity index (χ1n) is 6.11. The van der Waals surface area contributed by atoms with Crippen molar-refractivity contribution in [3.63, 3.8) is 0 Å². The molecular weight excluding hydrogens is 224 g/mol. The van der Waals surface area contributed by atoms with Crippen molar-refractivity contribution in [1.82, 2.24) is 0 Å². The van der Waals surface area contributed by atoms with E-state index in [4.69, 9.17) is 9.47 Å². The molecule has 0 aliphatic heterocycles. The zero-order valence-corrected chi connectivity index (χ0v) is 10.9. The highest BCUT2D eigenvalue weighted by Crippen LogP contribution is 2.02. The van der Waals surface area contributed by atoms with E-state index in [9.17, 15) is 9.59 Å². The molecule has 0 fully saturated rings. The van der Waals surface area contributed by atoms with Crippen molar-refractivity contribution in [3.05, 3.63) is 0 Å². The fraction of sp³-hybridized carbons (Fsp3) is 0.833. The number of esters is 1. The van der Waals surface area contributed by atoms with E-state index in [2.05, 4.69) is 11.7 Å². The Morgan fingerprint density at radius 1 is 1.06 bits per heavy atom. The third-order valence-corrected chi connectivity index (χ3v) is 2.11. The minimum atomic E-state index is -0.916. The average Bonchev–Trinajstić information content (AvgIpc) is 2.28. The highest BCUT2D eigenvalue weighted by molar-refractivity contribution is 5.76. The summed E-state index contributed by atoms with van der Waals surface area (Å²) < 4.78 is 14.2. The Balaban J connectivity index is 3.63. The predicted molar refractivity (Wildman–Crippen MR) is 62.7 cm³/mol. The van der Waals surface area contributed by atoms with E-state index >= 15 is 0 Å². The van der Waals surface area contributed by atoms with Gasteiger partial charge in [0.1, 0.15) is 0 Å². The Kier molecular flexibility index (Phi) is 9.19. The van der Waals surface area contributed by atoms with Gasteiger partial charge in [0, 0.05) is 0 Å². The number of carbonyl (C=O) groups is 2. The Morgan fingerprint density at radius 2 is 1.76 bits per heavy atom. The summed E-state index contributed by atoms with van der Waals surface area (Å²) in [5.41, 5.74) is 0. The molecule has 5 nitrogen and oxygen atoms in total. The van der Waals surface area contributed by atoms with E-state index in [0.717, 1.165) is 25.7 Å². The zero-order chi connectivity index (χ0) is 13.1. The van der Waals surface area contributed by atoms with Crippen LogP contribution in [0, 0.1) is 0 Å². The lowest BCUT2D eigenvalue weighted by Gasteiger charge is -2.12. The molecule has 0 aromatic rings. The molecule has 0 aromatic heterocycles. The fourth-order valence-electron chi connectivity index (χ4n) is 1.16. The molecule has 100 valence electrons. The van der Waals surface area contributed by atoms with Gasteiger partial charge >= 0.3 is 12.1 Å². The van der Waals surface area contributed by atoms with Crippen molar-refractivity contribution in [2.75, 3.05) is 13.2 Å². The summed E-state index contributed by atoms with van der Waals surface area (Å²) in [7, 11) is 0. The second kappa shape index (κ2) is 9.93. The van der Waals surface area contributed by atoms with Crippen molar-refractivity contribution in [2.45, 2.75) is 52.6 Å². The van der Waals surface area contributed by atoms with Crippen LogP contribution in [0.5, 0.6) is 0 Å². The lowest BCUT2D eigenvalue weighted by Crippen LogP contribution is -2.27. The van der Waals surface area contributed by atoms with Crippen LogP contribution in [-0.4, -0.2) is 31.4 Å². The van der Waals surface area contributed by atoms with E-state index in [1.165, 1.54) is 6.92 Å². The lowest BCUT2D eigenvalue weighted by atomic mass is 10.2. The van der Waals surface area contributed by atoms with Crippen molar-refractivity contribution in [1.29, 1.82) is 0 Å². The van der Waals surface area contributed by atoms with Crippen molar-refractivity contribution in [3.8, 4) is 0 Å². The van der Waals surface area contributed by atoms with Crippen LogP contribution >= 0.6 is 0 Å². The van der Waals surface area contributed by atoms with Crippen LogP contribution in [0.4, 0.5) is 4.79 Å². The standard InChI is InChI=1S/C12H22O5/c1-4-6-7-8-9-16-11(13)10(3)17-12(14)15-5-2/h10H,4-9H2,1-3H3/t10-/m1/s1. The predicted octanol–water partition coefficient (Wildman–Crippen LogP) is 2.67. The van der Waals surface area contributed by atoms with E-state index in [-0.39, 0.29) is 6.61 Å². The van der Waals surface area contributed by atoms with E-state index in [1.807, 2.05) is 0 Å². The summed E-state index contributed by atoms with van der Waals surface area (Å²) >= 11 is 0. The molecular formula is C12H22O5. The molecule has 0 N–H and O–H groups in total.